The Morgan fingerprint density at radius 3 is 2.67 bits per heavy atom. The molecule has 0 fully saturated rings. The van der Waals surface area contributed by atoms with Gasteiger partial charge in [0.25, 0.3) is 0 Å². The molecule has 0 aliphatic rings. The molecule has 0 saturated carbocycles. The molecule has 0 radical (unpaired) electrons. The summed E-state index contributed by atoms with van der Waals surface area (Å²) in [4.78, 5) is 23.4. The van der Waals surface area contributed by atoms with Gasteiger partial charge in [-0.2, -0.15) is 5.10 Å². The fraction of sp³-hybridized carbons (Fsp3) is 0.267. The summed E-state index contributed by atoms with van der Waals surface area (Å²) in [6.45, 7) is 5.45. The van der Waals surface area contributed by atoms with Gasteiger partial charge in [0.05, 0.1) is 0 Å². The molecule has 6 heteroatoms. The van der Waals surface area contributed by atoms with Gasteiger partial charge in [-0.25, -0.2) is 9.48 Å². The van der Waals surface area contributed by atoms with Crippen molar-refractivity contribution in [3.05, 3.63) is 47.3 Å². The number of carbonyl (C=O) groups excluding carboxylic acids is 1. The Bertz CT molecular complexity index is 691. The van der Waals surface area contributed by atoms with Crippen molar-refractivity contribution >= 4 is 17.6 Å². The Kier molecular flexibility index (Phi) is 4.07. The first-order valence-corrected chi connectivity index (χ1v) is 6.55. The number of rotatable bonds is 4. The third kappa shape index (κ3) is 3.10. The lowest BCUT2D eigenvalue weighted by Crippen LogP contribution is -2.27. The standard InChI is InChI=1S/C15H17N3O3/c1-9-4-5-10(2)12(8-9)17-14(19)11(3)18-13(15(20)21)6-7-16-18/h4-8,11H,1-3H3,(H,17,19)(H,20,21). The molecule has 2 aromatic rings. The number of hydrogen-bond acceptors (Lipinski definition) is 3. The van der Waals surface area contributed by atoms with E-state index in [4.69, 9.17) is 5.11 Å². The highest BCUT2D eigenvalue weighted by molar-refractivity contribution is 5.95. The van der Waals surface area contributed by atoms with Crippen LogP contribution in [0.15, 0.2) is 30.5 Å². The van der Waals surface area contributed by atoms with Crippen molar-refractivity contribution in [3.8, 4) is 0 Å². The van der Waals surface area contributed by atoms with Crippen molar-refractivity contribution in [1.29, 1.82) is 0 Å². The van der Waals surface area contributed by atoms with Crippen LogP contribution in [0.2, 0.25) is 0 Å². The van der Waals surface area contributed by atoms with E-state index in [0.717, 1.165) is 16.8 Å². The first kappa shape index (κ1) is 14.8. The summed E-state index contributed by atoms with van der Waals surface area (Å²) < 4.78 is 1.20. The monoisotopic (exact) mass is 287 g/mol. The molecule has 1 heterocycles. The van der Waals surface area contributed by atoms with Crippen molar-refractivity contribution in [2.45, 2.75) is 26.8 Å². The Morgan fingerprint density at radius 2 is 2.00 bits per heavy atom. The van der Waals surface area contributed by atoms with Crippen molar-refractivity contribution in [2.24, 2.45) is 0 Å². The van der Waals surface area contributed by atoms with Crippen LogP contribution < -0.4 is 5.32 Å². The van der Waals surface area contributed by atoms with Gasteiger partial charge < -0.3 is 10.4 Å². The van der Waals surface area contributed by atoms with Crippen molar-refractivity contribution in [2.75, 3.05) is 5.32 Å². The van der Waals surface area contributed by atoms with Crippen molar-refractivity contribution in [1.82, 2.24) is 9.78 Å². The average molecular weight is 287 g/mol. The second-order valence-electron chi connectivity index (χ2n) is 4.95. The van der Waals surface area contributed by atoms with Crippen molar-refractivity contribution < 1.29 is 14.7 Å². The van der Waals surface area contributed by atoms with Crippen LogP contribution in [0, 0.1) is 13.8 Å². The SMILES string of the molecule is Cc1ccc(C)c(NC(=O)C(C)n2nccc2C(=O)O)c1. The second-order valence-corrected chi connectivity index (χ2v) is 4.95. The second kappa shape index (κ2) is 5.78. The lowest BCUT2D eigenvalue weighted by Gasteiger charge is -2.15. The molecule has 1 aromatic heterocycles. The molecule has 1 unspecified atom stereocenters. The number of aryl methyl sites for hydroxylation is 2. The van der Waals surface area contributed by atoms with E-state index >= 15 is 0 Å². The number of nitrogens with zero attached hydrogens (tertiary/aromatic N) is 2. The van der Waals surface area contributed by atoms with Gasteiger partial charge in [-0.05, 0) is 44.0 Å². The summed E-state index contributed by atoms with van der Waals surface area (Å²) in [6.07, 6.45) is 1.37. The Labute approximate surface area is 122 Å². The molecule has 2 N–H and O–H groups in total. The van der Waals surface area contributed by atoms with Gasteiger partial charge in [-0.3, -0.25) is 4.79 Å². The maximum absolute atomic E-state index is 12.3. The molecular formula is C15H17N3O3. The van der Waals surface area contributed by atoms with Gasteiger partial charge in [-0.1, -0.05) is 12.1 Å². The minimum atomic E-state index is -1.11. The number of carboxylic acid groups (broad SMARTS) is 1. The van der Waals surface area contributed by atoms with Crippen molar-refractivity contribution in [3.63, 3.8) is 0 Å². The smallest absolute Gasteiger partial charge is 0.354 e. The number of aromatic nitrogens is 2. The number of nitrogens with one attached hydrogen (secondary N) is 1. The normalized spacial score (nSPS) is 12.0. The molecule has 1 amide bonds. The Hall–Kier alpha value is -2.63. The summed E-state index contributed by atoms with van der Waals surface area (Å²) in [5.41, 5.74) is 2.68. The average Bonchev–Trinajstić information content (AvgIpc) is 2.91. The van der Waals surface area contributed by atoms with Crippen LogP contribution in [0.5, 0.6) is 0 Å². The van der Waals surface area contributed by atoms with E-state index in [0.29, 0.717) is 0 Å². The minimum absolute atomic E-state index is 0.0152. The number of hydrogen-bond donors (Lipinski definition) is 2. The molecule has 6 nitrogen and oxygen atoms in total. The van der Waals surface area contributed by atoms with Crippen LogP contribution in [-0.4, -0.2) is 26.8 Å². The zero-order valence-corrected chi connectivity index (χ0v) is 12.1. The fourth-order valence-corrected chi connectivity index (χ4v) is 2.01. The van der Waals surface area contributed by atoms with Gasteiger partial charge in [-0.15, -0.1) is 0 Å². The highest BCUT2D eigenvalue weighted by Crippen LogP contribution is 2.18. The lowest BCUT2D eigenvalue weighted by atomic mass is 10.1. The molecule has 1 atom stereocenters. The molecule has 21 heavy (non-hydrogen) atoms. The number of benzene rings is 1. The Balaban J connectivity index is 2.22. The number of carboxylic acids is 1. The van der Waals surface area contributed by atoms with E-state index in [1.165, 1.54) is 16.9 Å². The summed E-state index contributed by atoms with van der Waals surface area (Å²) in [5, 5.41) is 15.8. The van der Waals surface area contributed by atoms with Crippen LogP contribution in [0.3, 0.4) is 0 Å². The molecule has 0 aliphatic carbocycles. The fourth-order valence-electron chi connectivity index (χ4n) is 2.01. The molecule has 0 saturated heterocycles. The predicted molar refractivity (Wildman–Crippen MR) is 78.4 cm³/mol. The molecule has 0 bridgehead atoms. The van der Waals surface area contributed by atoms with Crippen LogP contribution in [0.25, 0.3) is 0 Å². The van der Waals surface area contributed by atoms with E-state index < -0.39 is 12.0 Å². The summed E-state index contributed by atoms with van der Waals surface area (Å²) >= 11 is 0. The van der Waals surface area contributed by atoms with Gasteiger partial charge in [0.1, 0.15) is 11.7 Å². The summed E-state index contributed by atoms with van der Waals surface area (Å²) in [7, 11) is 0. The number of anilines is 1. The van der Waals surface area contributed by atoms with E-state index in [9.17, 15) is 9.59 Å². The number of amides is 1. The molecule has 0 aliphatic heterocycles. The summed E-state index contributed by atoms with van der Waals surface area (Å²) in [5.74, 6) is -1.42. The van der Waals surface area contributed by atoms with Gasteiger partial charge in [0.15, 0.2) is 0 Å². The number of aromatic carboxylic acids is 1. The largest absolute Gasteiger partial charge is 0.477 e. The van der Waals surface area contributed by atoms with Gasteiger partial charge >= 0.3 is 5.97 Å². The lowest BCUT2D eigenvalue weighted by molar-refractivity contribution is -0.119. The van der Waals surface area contributed by atoms with E-state index in [-0.39, 0.29) is 11.6 Å². The van der Waals surface area contributed by atoms with E-state index in [2.05, 4.69) is 10.4 Å². The third-order valence-corrected chi connectivity index (χ3v) is 3.29. The van der Waals surface area contributed by atoms with Crippen LogP contribution in [-0.2, 0) is 4.79 Å². The van der Waals surface area contributed by atoms with Crippen LogP contribution in [0.1, 0.15) is 34.6 Å². The van der Waals surface area contributed by atoms with Crippen LogP contribution >= 0.6 is 0 Å². The highest BCUT2D eigenvalue weighted by atomic mass is 16.4. The van der Waals surface area contributed by atoms with Gasteiger partial charge in [0, 0.05) is 11.9 Å². The first-order valence-electron chi connectivity index (χ1n) is 6.55. The van der Waals surface area contributed by atoms with Gasteiger partial charge in [0.2, 0.25) is 5.91 Å². The quantitative estimate of drug-likeness (QED) is 0.904. The first-order chi connectivity index (χ1) is 9.90. The maximum Gasteiger partial charge on any atom is 0.354 e. The van der Waals surface area contributed by atoms with Crippen LogP contribution in [0.4, 0.5) is 5.69 Å². The summed E-state index contributed by atoms with van der Waals surface area (Å²) in [6, 6.07) is 6.41. The highest BCUT2D eigenvalue weighted by Gasteiger charge is 2.21. The van der Waals surface area contributed by atoms with E-state index in [1.54, 1.807) is 6.92 Å². The topological polar surface area (TPSA) is 84.2 Å². The maximum atomic E-state index is 12.3. The third-order valence-electron chi connectivity index (χ3n) is 3.29. The Morgan fingerprint density at radius 1 is 1.29 bits per heavy atom. The zero-order chi connectivity index (χ0) is 15.6. The number of carbonyl (C=O) groups is 2. The molecule has 1 aromatic carbocycles. The van der Waals surface area contributed by atoms with E-state index in [1.807, 2.05) is 32.0 Å². The minimum Gasteiger partial charge on any atom is -0.477 e. The molecular weight excluding hydrogens is 270 g/mol. The molecule has 0 spiro atoms. The molecule has 110 valence electrons. The predicted octanol–water partition coefficient (Wildman–Crippen LogP) is 2.40. The zero-order valence-electron chi connectivity index (χ0n) is 12.1. The molecule has 2 rings (SSSR count).